The number of benzene rings is 4. The van der Waals surface area contributed by atoms with Gasteiger partial charge in [0.2, 0.25) is 0 Å². The van der Waals surface area contributed by atoms with Gasteiger partial charge in [0.25, 0.3) is 10.0 Å². The first-order chi connectivity index (χ1) is 14.9. The Morgan fingerprint density at radius 3 is 2.16 bits per heavy atom. The van der Waals surface area contributed by atoms with Gasteiger partial charge in [0.15, 0.2) is 11.5 Å². The molecule has 0 amide bonds. The number of phenolic OH excluding ortho intramolecular Hbond substituents is 1. The van der Waals surface area contributed by atoms with E-state index >= 15 is 0 Å². The molecule has 6 nitrogen and oxygen atoms in total. The summed E-state index contributed by atoms with van der Waals surface area (Å²) >= 11 is 6.08. The summed E-state index contributed by atoms with van der Waals surface area (Å²) in [5, 5.41) is 11.2. The van der Waals surface area contributed by atoms with Gasteiger partial charge in [-0.1, -0.05) is 48.0 Å². The highest BCUT2D eigenvalue weighted by Gasteiger charge is 2.18. The Bertz CT molecular complexity index is 1350. The smallest absolute Gasteiger partial charge is 0.261 e. The normalized spacial score (nSPS) is 11.3. The van der Waals surface area contributed by atoms with Crippen LogP contribution in [0.3, 0.4) is 0 Å². The van der Waals surface area contributed by atoms with Gasteiger partial charge in [0.05, 0.1) is 22.7 Å². The first-order valence-corrected chi connectivity index (χ1v) is 11.1. The number of nitrogens with one attached hydrogen (secondary N) is 1. The third kappa shape index (κ3) is 4.23. The van der Waals surface area contributed by atoms with Crippen molar-refractivity contribution in [1.82, 2.24) is 0 Å². The molecule has 31 heavy (non-hydrogen) atoms. The summed E-state index contributed by atoms with van der Waals surface area (Å²) in [6.45, 7) is 0. The number of hydrogen-bond donors (Lipinski definition) is 2. The Kier molecular flexibility index (Phi) is 5.63. The molecule has 2 N–H and O–H groups in total. The minimum absolute atomic E-state index is 0.0492. The van der Waals surface area contributed by atoms with Crippen molar-refractivity contribution in [2.45, 2.75) is 4.90 Å². The van der Waals surface area contributed by atoms with Crippen LogP contribution in [0.1, 0.15) is 0 Å². The summed E-state index contributed by atoms with van der Waals surface area (Å²) in [4.78, 5) is 0.0492. The highest BCUT2D eigenvalue weighted by Crippen LogP contribution is 2.38. The Balaban J connectivity index is 1.62. The quantitative estimate of drug-likeness (QED) is 0.359. The SMILES string of the molecule is COc1ccccc1Oc1ccc(S(=O)(=O)Nc2cc(Cl)c(O)c3ccccc23)cc1. The molecule has 0 saturated heterocycles. The summed E-state index contributed by atoms with van der Waals surface area (Å²) in [5.41, 5.74) is 0.271. The molecule has 0 spiro atoms. The van der Waals surface area contributed by atoms with Gasteiger partial charge in [-0.05, 0) is 42.5 Å². The van der Waals surface area contributed by atoms with Crippen molar-refractivity contribution in [3.8, 4) is 23.0 Å². The van der Waals surface area contributed by atoms with Crippen molar-refractivity contribution in [2.24, 2.45) is 0 Å². The van der Waals surface area contributed by atoms with Gasteiger partial charge in [-0.2, -0.15) is 0 Å². The first-order valence-electron chi connectivity index (χ1n) is 9.23. The fraction of sp³-hybridized carbons (Fsp3) is 0.0435. The highest BCUT2D eigenvalue weighted by molar-refractivity contribution is 7.92. The lowest BCUT2D eigenvalue weighted by atomic mass is 10.1. The van der Waals surface area contributed by atoms with E-state index in [0.717, 1.165) is 0 Å². The summed E-state index contributed by atoms with van der Waals surface area (Å²) < 4.78 is 39.5. The van der Waals surface area contributed by atoms with E-state index in [1.165, 1.54) is 18.2 Å². The van der Waals surface area contributed by atoms with Gasteiger partial charge in [-0.3, -0.25) is 4.72 Å². The van der Waals surface area contributed by atoms with Crippen LogP contribution in [-0.2, 0) is 10.0 Å². The van der Waals surface area contributed by atoms with Crippen LogP contribution in [0.15, 0.2) is 83.8 Å². The molecular weight excluding hydrogens is 438 g/mol. The number of phenols is 1. The number of rotatable bonds is 6. The molecular formula is C23H18ClNO5S. The van der Waals surface area contributed by atoms with Crippen LogP contribution >= 0.6 is 11.6 Å². The molecule has 158 valence electrons. The predicted molar refractivity (Wildman–Crippen MR) is 121 cm³/mol. The highest BCUT2D eigenvalue weighted by atomic mass is 35.5. The third-order valence-electron chi connectivity index (χ3n) is 4.64. The van der Waals surface area contributed by atoms with Crippen molar-refractivity contribution in [3.05, 3.63) is 83.9 Å². The monoisotopic (exact) mass is 455 g/mol. The molecule has 0 heterocycles. The molecule has 4 aromatic rings. The van der Waals surface area contributed by atoms with Crippen LogP contribution in [0.5, 0.6) is 23.0 Å². The molecule has 0 atom stereocenters. The molecule has 0 fully saturated rings. The number of sulfonamides is 1. The van der Waals surface area contributed by atoms with Gasteiger partial charge in [-0.25, -0.2) is 8.42 Å². The fourth-order valence-corrected chi connectivity index (χ4v) is 4.41. The van der Waals surface area contributed by atoms with Crippen LogP contribution in [0, 0.1) is 0 Å². The number of anilines is 1. The van der Waals surface area contributed by atoms with Crippen molar-refractivity contribution in [2.75, 3.05) is 11.8 Å². The van der Waals surface area contributed by atoms with Crippen molar-refractivity contribution in [3.63, 3.8) is 0 Å². The van der Waals surface area contributed by atoms with E-state index in [1.807, 2.05) is 12.1 Å². The zero-order valence-electron chi connectivity index (χ0n) is 16.4. The van der Waals surface area contributed by atoms with Gasteiger partial charge in [0.1, 0.15) is 11.5 Å². The Morgan fingerprint density at radius 1 is 0.871 bits per heavy atom. The Labute approximate surface area is 184 Å². The van der Waals surface area contributed by atoms with E-state index in [2.05, 4.69) is 4.72 Å². The lowest BCUT2D eigenvalue weighted by Crippen LogP contribution is -2.13. The van der Waals surface area contributed by atoms with Gasteiger partial charge >= 0.3 is 0 Å². The lowest BCUT2D eigenvalue weighted by Gasteiger charge is -2.13. The average molecular weight is 456 g/mol. The number of fused-ring (bicyclic) bond motifs is 1. The second-order valence-corrected chi connectivity index (χ2v) is 8.72. The molecule has 4 aromatic carbocycles. The van der Waals surface area contributed by atoms with Crippen LogP contribution in [0.2, 0.25) is 5.02 Å². The third-order valence-corrected chi connectivity index (χ3v) is 6.31. The largest absolute Gasteiger partial charge is 0.506 e. The first kappa shape index (κ1) is 20.8. The van der Waals surface area contributed by atoms with Gasteiger partial charge in [-0.15, -0.1) is 0 Å². The van der Waals surface area contributed by atoms with Crippen LogP contribution in [0.25, 0.3) is 10.8 Å². The number of para-hydroxylation sites is 2. The number of aromatic hydroxyl groups is 1. The molecule has 0 radical (unpaired) electrons. The Morgan fingerprint density at radius 2 is 1.48 bits per heavy atom. The van der Waals surface area contributed by atoms with Crippen LogP contribution in [-0.4, -0.2) is 20.6 Å². The summed E-state index contributed by atoms with van der Waals surface area (Å²) in [5.74, 6) is 1.44. The molecule has 0 bridgehead atoms. The molecule has 0 unspecified atom stereocenters. The predicted octanol–water partition coefficient (Wildman–Crippen LogP) is 5.80. The number of ether oxygens (including phenoxy) is 2. The van der Waals surface area contributed by atoms with Gasteiger partial charge in [0, 0.05) is 10.8 Å². The number of hydrogen-bond acceptors (Lipinski definition) is 5. The van der Waals surface area contributed by atoms with E-state index in [9.17, 15) is 13.5 Å². The van der Waals surface area contributed by atoms with Crippen LogP contribution < -0.4 is 14.2 Å². The summed E-state index contributed by atoms with van der Waals surface area (Å²) in [6.07, 6.45) is 0. The fourth-order valence-electron chi connectivity index (χ4n) is 3.13. The Hall–Kier alpha value is -3.42. The minimum Gasteiger partial charge on any atom is -0.506 e. The van der Waals surface area contributed by atoms with Crippen LogP contribution in [0.4, 0.5) is 5.69 Å². The molecule has 4 rings (SSSR count). The maximum atomic E-state index is 12.9. The van der Waals surface area contributed by atoms with E-state index < -0.39 is 10.0 Å². The molecule has 0 aliphatic rings. The van der Waals surface area contributed by atoms with E-state index in [4.69, 9.17) is 21.1 Å². The zero-order valence-corrected chi connectivity index (χ0v) is 17.9. The second kappa shape index (κ2) is 8.37. The molecule has 8 heteroatoms. The maximum absolute atomic E-state index is 12.9. The number of methoxy groups -OCH3 is 1. The summed E-state index contributed by atoms with van der Waals surface area (Å²) in [7, 11) is -2.36. The van der Waals surface area contributed by atoms with Crippen molar-refractivity contribution in [1.29, 1.82) is 0 Å². The molecule has 0 saturated carbocycles. The number of halogens is 1. The van der Waals surface area contributed by atoms with Crippen molar-refractivity contribution < 1.29 is 23.0 Å². The van der Waals surface area contributed by atoms with Gasteiger partial charge < -0.3 is 14.6 Å². The lowest BCUT2D eigenvalue weighted by molar-refractivity contribution is 0.379. The zero-order chi connectivity index (χ0) is 22.0. The minimum atomic E-state index is -3.91. The van der Waals surface area contributed by atoms with Crippen molar-refractivity contribution >= 4 is 38.1 Å². The van der Waals surface area contributed by atoms with E-state index in [0.29, 0.717) is 28.0 Å². The topological polar surface area (TPSA) is 84.9 Å². The van der Waals surface area contributed by atoms with E-state index in [1.54, 1.807) is 55.6 Å². The molecule has 0 aromatic heterocycles. The molecule has 0 aliphatic heterocycles. The summed E-state index contributed by atoms with van der Waals surface area (Å²) in [6, 6.07) is 21.4. The second-order valence-electron chi connectivity index (χ2n) is 6.63. The average Bonchev–Trinajstić information content (AvgIpc) is 2.78. The van der Waals surface area contributed by atoms with E-state index in [-0.39, 0.29) is 21.4 Å². The maximum Gasteiger partial charge on any atom is 0.261 e. The standard InChI is InChI=1S/C23H18ClNO5S/c1-29-21-8-4-5-9-22(21)30-15-10-12-16(13-11-15)31(27,28)25-20-14-19(24)23(26)18-7-3-2-6-17(18)20/h2-14,25-26H,1H3. The molecule has 0 aliphatic carbocycles.